The number of aryl methyl sites for hydroxylation is 2. The Morgan fingerprint density at radius 3 is 2.39 bits per heavy atom. The highest BCUT2D eigenvalue weighted by molar-refractivity contribution is 14.1. The minimum Gasteiger partial charge on any atom is -0.460 e. The summed E-state index contributed by atoms with van der Waals surface area (Å²) in [5, 5.41) is 2.58. The van der Waals surface area contributed by atoms with Gasteiger partial charge >= 0.3 is 5.97 Å². The predicted octanol–water partition coefficient (Wildman–Crippen LogP) is 3.38. The quantitative estimate of drug-likeness (QED) is 0.593. The Bertz CT molecular complexity index is 708. The van der Waals surface area contributed by atoms with Crippen LogP contribution in [0.5, 0.6) is 0 Å². The molecule has 0 heterocycles. The van der Waals surface area contributed by atoms with Gasteiger partial charge in [-0.05, 0) is 54.1 Å². The number of halogens is 1. The fraction of sp³-hybridized carbons (Fsp3) is 0.222. The van der Waals surface area contributed by atoms with Crippen molar-refractivity contribution in [1.82, 2.24) is 5.32 Å². The van der Waals surface area contributed by atoms with Gasteiger partial charge < -0.3 is 10.1 Å². The maximum Gasteiger partial charge on any atom is 0.325 e. The van der Waals surface area contributed by atoms with Crippen molar-refractivity contribution in [2.75, 3.05) is 6.54 Å². The first-order valence-electron chi connectivity index (χ1n) is 7.21. The number of benzene rings is 2. The summed E-state index contributed by atoms with van der Waals surface area (Å²) in [6.45, 7) is 4.06. The molecule has 0 fully saturated rings. The number of hydrogen-bond acceptors (Lipinski definition) is 3. The second-order valence-electron chi connectivity index (χ2n) is 5.32. The lowest BCUT2D eigenvalue weighted by Crippen LogP contribution is -2.31. The average molecular weight is 423 g/mol. The molecule has 120 valence electrons. The smallest absolute Gasteiger partial charge is 0.325 e. The highest BCUT2D eigenvalue weighted by atomic mass is 127. The van der Waals surface area contributed by atoms with E-state index in [0.29, 0.717) is 5.56 Å². The number of nitrogens with one attached hydrogen (secondary N) is 1. The number of hydrogen-bond donors (Lipinski definition) is 1. The van der Waals surface area contributed by atoms with Crippen LogP contribution in [0, 0.1) is 17.4 Å². The maximum absolute atomic E-state index is 12.0. The van der Waals surface area contributed by atoms with Crippen molar-refractivity contribution in [3.8, 4) is 0 Å². The first kappa shape index (κ1) is 17.5. The van der Waals surface area contributed by atoms with E-state index in [-0.39, 0.29) is 19.1 Å². The number of amides is 1. The second kappa shape index (κ2) is 8.10. The minimum absolute atomic E-state index is 0.144. The van der Waals surface area contributed by atoms with Crippen molar-refractivity contribution in [1.29, 1.82) is 0 Å². The summed E-state index contributed by atoms with van der Waals surface area (Å²) in [7, 11) is 0. The van der Waals surface area contributed by atoms with Gasteiger partial charge in [0.25, 0.3) is 5.91 Å². The van der Waals surface area contributed by atoms with E-state index in [1.54, 1.807) is 12.1 Å². The number of ether oxygens (including phenoxy) is 1. The van der Waals surface area contributed by atoms with Gasteiger partial charge in [-0.2, -0.15) is 0 Å². The highest BCUT2D eigenvalue weighted by Crippen LogP contribution is 2.11. The van der Waals surface area contributed by atoms with E-state index in [9.17, 15) is 9.59 Å². The van der Waals surface area contributed by atoms with Crippen LogP contribution < -0.4 is 5.32 Å². The van der Waals surface area contributed by atoms with Gasteiger partial charge in [-0.25, -0.2) is 0 Å². The Labute approximate surface area is 149 Å². The van der Waals surface area contributed by atoms with Crippen LogP contribution in [-0.2, 0) is 16.1 Å². The summed E-state index contributed by atoms with van der Waals surface area (Å²) in [6.07, 6.45) is 0. The first-order chi connectivity index (χ1) is 11.0. The van der Waals surface area contributed by atoms with Gasteiger partial charge in [-0.3, -0.25) is 9.59 Å². The third-order valence-electron chi connectivity index (χ3n) is 3.19. The van der Waals surface area contributed by atoms with Crippen LogP contribution in [0.15, 0.2) is 42.5 Å². The van der Waals surface area contributed by atoms with Gasteiger partial charge in [-0.15, -0.1) is 0 Å². The molecule has 2 aromatic carbocycles. The summed E-state index contributed by atoms with van der Waals surface area (Å²) >= 11 is 2.09. The van der Waals surface area contributed by atoms with Crippen molar-refractivity contribution in [2.24, 2.45) is 0 Å². The Kier molecular flexibility index (Phi) is 6.15. The van der Waals surface area contributed by atoms with Crippen LogP contribution in [0.25, 0.3) is 0 Å². The molecule has 1 N–H and O–H groups in total. The Hall–Kier alpha value is -1.89. The molecule has 0 saturated carbocycles. The molecule has 0 atom stereocenters. The molecule has 2 rings (SSSR count). The SMILES string of the molecule is Cc1cc(C)cc(COC(=O)CNC(=O)c2ccccc2I)c1. The molecule has 0 aromatic heterocycles. The lowest BCUT2D eigenvalue weighted by atomic mass is 10.1. The van der Waals surface area contributed by atoms with Crippen LogP contribution in [0.2, 0.25) is 0 Å². The van der Waals surface area contributed by atoms with Crippen molar-refractivity contribution in [2.45, 2.75) is 20.5 Å². The third kappa shape index (κ3) is 5.35. The van der Waals surface area contributed by atoms with Crippen molar-refractivity contribution < 1.29 is 14.3 Å². The van der Waals surface area contributed by atoms with Crippen LogP contribution in [-0.4, -0.2) is 18.4 Å². The minimum atomic E-state index is -0.455. The topological polar surface area (TPSA) is 55.4 Å². The fourth-order valence-electron chi connectivity index (χ4n) is 2.26. The zero-order valence-electron chi connectivity index (χ0n) is 13.1. The summed E-state index contributed by atoms with van der Waals surface area (Å²) < 4.78 is 6.04. The van der Waals surface area contributed by atoms with Crippen molar-refractivity contribution in [3.63, 3.8) is 0 Å². The Balaban J connectivity index is 1.83. The molecule has 2 aromatic rings. The molecule has 0 aliphatic rings. The monoisotopic (exact) mass is 423 g/mol. The van der Waals surface area contributed by atoms with E-state index in [1.807, 2.05) is 38.1 Å². The van der Waals surface area contributed by atoms with Gasteiger partial charge in [0.05, 0.1) is 5.56 Å². The molecule has 5 heteroatoms. The molecule has 23 heavy (non-hydrogen) atoms. The number of rotatable bonds is 5. The normalized spacial score (nSPS) is 10.2. The largest absolute Gasteiger partial charge is 0.460 e. The van der Waals surface area contributed by atoms with Crippen LogP contribution in [0.3, 0.4) is 0 Å². The second-order valence-corrected chi connectivity index (χ2v) is 6.48. The molecule has 0 spiro atoms. The molecule has 0 aliphatic carbocycles. The molecule has 0 bridgehead atoms. The molecule has 0 saturated heterocycles. The number of carbonyl (C=O) groups is 2. The predicted molar refractivity (Wildman–Crippen MR) is 97.2 cm³/mol. The standard InChI is InChI=1S/C18H18INO3/c1-12-7-13(2)9-14(8-12)11-23-17(21)10-20-18(22)15-5-3-4-6-16(15)19/h3-9H,10-11H2,1-2H3,(H,20,22). The molecular formula is C18H18INO3. The molecule has 1 amide bonds. The molecule has 0 aliphatic heterocycles. The van der Waals surface area contributed by atoms with E-state index in [0.717, 1.165) is 20.3 Å². The van der Waals surface area contributed by atoms with Gasteiger partial charge in [0.2, 0.25) is 0 Å². The molecule has 0 unspecified atom stereocenters. The maximum atomic E-state index is 12.0. The zero-order valence-corrected chi connectivity index (χ0v) is 15.2. The number of carbonyl (C=O) groups excluding carboxylic acids is 2. The van der Waals surface area contributed by atoms with Crippen LogP contribution in [0.1, 0.15) is 27.0 Å². The Morgan fingerprint density at radius 1 is 1.09 bits per heavy atom. The molecule has 4 nitrogen and oxygen atoms in total. The van der Waals surface area contributed by atoms with E-state index < -0.39 is 5.97 Å². The van der Waals surface area contributed by atoms with Gasteiger partial charge in [0.15, 0.2) is 0 Å². The highest BCUT2D eigenvalue weighted by Gasteiger charge is 2.11. The third-order valence-corrected chi connectivity index (χ3v) is 4.13. The summed E-state index contributed by atoms with van der Waals surface area (Å²) in [4.78, 5) is 23.8. The first-order valence-corrected chi connectivity index (χ1v) is 8.29. The lowest BCUT2D eigenvalue weighted by molar-refractivity contribution is -0.143. The lowest BCUT2D eigenvalue weighted by Gasteiger charge is -2.09. The van der Waals surface area contributed by atoms with Gasteiger partial charge in [0.1, 0.15) is 13.2 Å². The summed E-state index contributed by atoms with van der Waals surface area (Å²) in [5.74, 6) is -0.734. The van der Waals surface area contributed by atoms with Crippen molar-refractivity contribution >= 4 is 34.5 Å². The van der Waals surface area contributed by atoms with Gasteiger partial charge in [0, 0.05) is 3.57 Å². The van der Waals surface area contributed by atoms with Crippen molar-refractivity contribution in [3.05, 3.63) is 68.3 Å². The zero-order chi connectivity index (χ0) is 16.8. The van der Waals surface area contributed by atoms with E-state index >= 15 is 0 Å². The summed E-state index contributed by atoms with van der Waals surface area (Å²) in [5.41, 5.74) is 3.75. The van der Waals surface area contributed by atoms with E-state index in [1.165, 1.54) is 0 Å². The fourth-order valence-corrected chi connectivity index (χ4v) is 2.89. The molecule has 0 radical (unpaired) electrons. The van der Waals surface area contributed by atoms with Crippen LogP contribution >= 0.6 is 22.6 Å². The Morgan fingerprint density at radius 2 is 1.74 bits per heavy atom. The van der Waals surface area contributed by atoms with E-state index in [2.05, 4.69) is 34.0 Å². The molecular weight excluding hydrogens is 405 g/mol. The summed E-state index contributed by atoms with van der Waals surface area (Å²) in [6, 6.07) is 13.2. The van der Waals surface area contributed by atoms with E-state index in [4.69, 9.17) is 4.74 Å². The van der Waals surface area contributed by atoms with Gasteiger partial charge in [-0.1, -0.05) is 41.5 Å². The van der Waals surface area contributed by atoms with Crippen LogP contribution in [0.4, 0.5) is 0 Å². The average Bonchev–Trinajstić information content (AvgIpc) is 2.50. The number of esters is 1.